The van der Waals surface area contributed by atoms with Gasteiger partial charge in [-0.2, -0.15) is 5.26 Å². The Balaban J connectivity index is 2.75. The highest BCUT2D eigenvalue weighted by Crippen LogP contribution is 2.31. The molecule has 5 nitrogen and oxygen atoms in total. The number of hydrogen-bond acceptors (Lipinski definition) is 4. The Morgan fingerprint density at radius 2 is 1.95 bits per heavy atom. The third-order valence-corrected chi connectivity index (χ3v) is 3.04. The molecule has 2 unspecified atom stereocenters. The van der Waals surface area contributed by atoms with Gasteiger partial charge in [-0.05, 0) is 30.5 Å². The van der Waals surface area contributed by atoms with E-state index in [4.69, 9.17) is 14.7 Å². The Kier molecular flexibility index (Phi) is 5.85. The van der Waals surface area contributed by atoms with Crippen molar-refractivity contribution in [1.29, 1.82) is 5.26 Å². The Morgan fingerprint density at radius 3 is 2.50 bits per heavy atom. The average Bonchev–Trinajstić information content (AvgIpc) is 2.45. The summed E-state index contributed by atoms with van der Waals surface area (Å²) in [5, 5.41) is 11.3. The van der Waals surface area contributed by atoms with Gasteiger partial charge in [-0.3, -0.25) is 4.79 Å². The quantitative estimate of drug-likeness (QED) is 0.864. The molecule has 1 amide bonds. The molecule has 2 atom stereocenters. The van der Waals surface area contributed by atoms with Crippen molar-refractivity contribution in [3.8, 4) is 17.6 Å². The van der Waals surface area contributed by atoms with Crippen molar-refractivity contribution in [1.82, 2.24) is 5.32 Å². The second kappa shape index (κ2) is 7.39. The third-order valence-electron chi connectivity index (χ3n) is 3.04. The lowest BCUT2D eigenvalue weighted by Gasteiger charge is -2.15. The van der Waals surface area contributed by atoms with Gasteiger partial charge in [-0.25, -0.2) is 0 Å². The number of amides is 1. The maximum atomic E-state index is 11.8. The van der Waals surface area contributed by atoms with E-state index in [1.807, 2.05) is 31.2 Å². The monoisotopic (exact) mass is 276 g/mol. The molecular formula is C15H20N2O3. The highest BCUT2D eigenvalue weighted by Gasteiger charge is 2.15. The molecule has 0 aliphatic carbocycles. The highest BCUT2D eigenvalue weighted by atomic mass is 16.5. The van der Waals surface area contributed by atoms with Gasteiger partial charge in [0, 0.05) is 6.42 Å². The van der Waals surface area contributed by atoms with Gasteiger partial charge in [0.1, 0.15) is 6.04 Å². The molecule has 0 aromatic heterocycles. The molecule has 0 aliphatic heterocycles. The van der Waals surface area contributed by atoms with Crippen LogP contribution in [-0.4, -0.2) is 26.2 Å². The number of benzene rings is 1. The van der Waals surface area contributed by atoms with E-state index in [1.165, 1.54) is 0 Å². The lowest BCUT2D eigenvalue weighted by atomic mass is 9.97. The van der Waals surface area contributed by atoms with Crippen LogP contribution in [0.25, 0.3) is 0 Å². The van der Waals surface area contributed by atoms with Crippen LogP contribution in [-0.2, 0) is 4.79 Å². The van der Waals surface area contributed by atoms with E-state index in [2.05, 4.69) is 5.32 Å². The van der Waals surface area contributed by atoms with Crippen LogP contribution in [0.2, 0.25) is 0 Å². The fraction of sp³-hybridized carbons (Fsp3) is 0.467. The van der Waals surface area contributed by atoms with Crippen molar-refractivity contribution in [2.24, 2.45) is 0 Å². The molecule has 1 N–H and O–H groups in total. The molecule has 1 aromatic rings. The molecule has 0 fully saturated rings. The Morgan fingerprint density at radius 1 is 1.30 bits per heavy atom. The van der Waals surface area contributed by atoms with E-state index in [-0.39, 0.29) is 11.8 Å². The highest BCUT2D eigenvalue weighted by molar-refractivity contribution is 5.77. The summed E-state index contributed by atoms with van der Waals surface area (Å²) in [5.41, 5.74) is 0.988. The third kappa shape index (κ3) is 4.16. The van der Waals surface area contributed by atoms with Crippen molar-refractivity contribution in [3.63, 3.8) is 0 Å². The van der Waals surface area contributed by atoms with Crippen LogP contribution in [0, 0.1) is 11.3 Å². The summed E-state index contributed by atoms with van der Waals surface area (Å²) in [6.45, 7) is 3.61. The van der Waals surface area contributed by atoms with Crippen molar-refractivity contribution in [3.05, 3.63) is 23.8 Å². The van der Waals surface area contributed by atoms with Gasteiger partial charge in [-0.1, -0.05) is 13.0 Å². The first-order valence-corrected chi connectivity index (χ1v) is 6.42. The van der Waals surface area contributed by atoms with Gasteiger partial charge in [-0.15, -0.1) is 0 Å². The zero-order valence-electron chi connectivity index (χ0n) is 12.3. The normalized spacial score (nSPS) is 12.9. The standard InChI is InChI=1S/C15H20N2O3/c1-10(7-15(18)17-11(2)9-16)12-5-6-13(19-3)14(8-12)20-4/h5-6,8,10-11H,7H2,1-4H3,(H,17,18). The Labute approximate surface area is 119 Å². The Bertz CT molecular complexity index is 508. The van der Waals surface area contributed by atoms with Crippen LogP contribution < -0.4 is 14.8 Å². The van der Waals surface area contributed by atoms with Crippen LogP contribution in [0.4, 0.5) is 0 Å². The van der Waals surface area contributed by atoms with E-state index in [0.29, 0.717) is 17.9 Å². The molecule has 0 saturated heterocycles. The van der Waals surface area contributed by atoms with Crippen LogP contribution in [0.1, 0.15) is 31.7 Å². The maximum absolute atomic E-state index is 11.8. The van der Waals surface area contributed by atoms with Gasteiger partial charge in [0.15, 0.2) is 11.5 Å². The molecular weight excluding hydrogens is 256 g/mol. The van der Waals surface area contributed by atoms with Crippen molar-refractivity contribution >= 4 is 5.91 Å². The van der Waals surface area contributed by atoms with Gasteiger partial charge in [0.2, 0.25) is 5.91 Å². The molecule has 1 aromatic carbocycles. The van der Waals surface area contributed by atoms with Gasteiger partial charge >= 0.3 is 0 Å². The van der Waals surface area contributed by atoms with Crippen LogP contribution in [0.5, 0.6) is 11.5 Å². The minimum atomic E-state index is -0.472. The van der Waals surface area contributed by atoms with Crippen LogP contribution in [0.15, 0.2) is 18.2 Å². The van der Waals surface area contributed by atoms with Gasteiger partial charge < -0.3 is 14.8 Å². The minimum Gasteiger partial charge on any atom is -0.493 e. The van der Waals surface area contributed by atoms with Crippen LogP contribution in [0.3, 0.4) is 0 Å². The largest absolute Gasteiger partial charge is 0.493 e. The molecule has 0 spiro atoms. The van der Waals surface area contributed by atoms with Crippen LogP contribution >= 0.6 is 0 Å². The SMILES string of the molecule is COc1ccc(C(C)CC(=O)NC(C)C#N)cc1OC. The fourth-order valence-corrected chi connectivity index (χ4v) is 1.89. The average molecular weight is 276 g/mol. The number of carbonyl (C=O) groups excluding carboxylic acids is 1. The van der Waals surface area contributed by atoms with E-state index in [1.54, 1.807) is 21.1 Å². The summed E-state index contributed by atoms with van der Waals surface area (Å²) in [5.74, 6) is 1.19. The maximum Gasteiger partial charge on any atom is 0.221 e. The molecule has 0 bridgehead atoms. The molecule has 5 heteroatoms. The zero-order valence-corrected chi connectivity index (χ0v) is 12.3. The van der Waals surface area contributed by atoms with Gasteiger partial charge in [0.25, 0.3) is 0 Å². The van der Waals surface area contributed by atoms with E-state index < -0.39 is 6.04 Å². The minimum absolute atomic E-state index is 0.0284. The topological polar surface area (TPSA) is 71.3 Å². The summed E-state index contributed by atoms with van der Waals surface area (Å²) in [6.07, 6.45) is 0.321. The number of ether oxygens (including phenoxy) is 2. The number of methoxy groups -OCH3 is 2. The summed E-state index contributed by atoms with van der Waals surface area (Å²) in [4.78, 5) is 11.8. The Hall–Kier alpha value is -2.22. The van der Waals surface area contributed by atoms with Crippen molar-refractivity contribution < 1.29 is 14.3 Å². The first-order chi connectivity index (χ1) is 9.51. The number of nitrogens with one attached hydrogen (secondary N) is 1. The predicted molar refractivity (Wildman–Crippen MR) is 75.8 cm³/mol. The summed E-state index contributed by atoms with van der Waals surface area (Å²) < 4.78 is 10.4. The number of rotatable bonds is 6. The summed E-state index contributed by atoms with van der Waals surface area (Å²) in [7, 11) is 3.16. The van der Waals surface area contributed by atoms with E-state index in [9.17, 15) is 4.79 Å². The zero-order chi connectivity index (χ0) is 15.1. The molecule has 0 heterocycles. The number of hydrogen-bond donors (Lipinski definition) is 1. The molecule has 0 aliphatic rings. The molecule has 1 rings (SSSR count). The second-order valence-corrected chi connectivity index (χ2v) is 4.64. The summed E-state index contributed by atoms with van der Waals surface area (Å²) >= 11 is 0. The smallest absolute Gasteiger partial charge is 0.221 e. The number of nitriles is 1. The molecule has 0 saturated carbocycles. The summed E-state index contributed by atoms with van der Waals surface area (Å²) in [6, 6.07) is 7.10. The van der Waals surface area contributed by atoms with E-state index >= 15 is 0 Å². The number of nitrogens with zero attached hydrogens (tertiary/aromatic N) is 1. The first kappa shape index (κ1) is 15.8. The lowest BCUT2D eigenvalue weighted by Crippen LogP contribution is -2.31. The van der Waals surface area contributed by atoms with Gasteiger partial charge in [0.05, 0.1) is 20.3 Å². The number of carbonyl (C=O) groups is 1. The lowest BCUT2D eigenvalue weighted by molar-refractivity contribution is -0.121. The molecule has 20 heavy (non-hydrogen) atoms. The predicted octanol–water partition coefficient (Wildman–Crippen LogP) is 2.23. The first-order valence-electron chi connectivity index (χ1n) is 6.42. The fourth-order valence-electron chi connectivity index (χ4n) is 1.89. The van der Waals surface area contributed by atoms with Crippen molar-refractivity contribution in [2.75, 3.05) is 14.2 Å². The van der Waals surface area contributed by atoms with Crippen molar-refractivity contribution in [2.45, 2.75) is 32.2 Å². The molecule has 108 valence electrons. The van der Waals surface area contributed by atoms with E-state index in [0.717, 1.165) is 5.56 Å². The second-order valence-electron chi connectivity index (χ2n) is 4.64. The molecule has 0 radical (unpaired) electrons.